The third kappa shape index (κ3) is 1.88. The van der Waals surface area contributed by atoms with E-state index in [1.54, 1.807) is 18.2 Å². The second-order valence-corrected chi connectivity index (χ2v) is 4.50. The van der Waals surface area contributed by atoms with Gasteiger partial charge in [0.1, 0.15) is 17.6 Å². The first-order valence-corrected chi connectivity index (χ1v) is 4.98. The minimum absolute atomic E-state index is 0.352. The molecule has 0 amide bonds. The molecule has 80 valence electrons. The average Bonchev–Trinajstić information content (AvgIpc) is 2.15. The number of carbonyl (C=O) groups excluding carboxylic acids is 1. The van der Waals surface area contributed by atoms with Crippen LogP contribution in [0.1, 0.15) is 42.3 Å². The molecule has 0 spiro atoms. The third-order valence-electron chi connectivity index (χ3n) is 2.60. The van der Waals surface area contributed by atoms with Gasteiger partial charge in [0.15, 0.2) is 0 Å². The maximum Gasteiger partial charge on any atom is 0.150 e. The zero-order valence-electron chi connectivity index (χ0n) is 8.86. The van der Waals surface area contributed by atoms with Crippen LogP contribution in [0.15, 0.2) is 18.2 Å². The number of fused-ring (bicyclic) bond motifs is 1. The first-order chi connectivity index (χ1) is 7.02. The Balaban J connectivity index is 2.45. The van der Waals surface area contributed by atoms with E-state index in [4.69, 9.17) is 4.74 Å². The first kappa shape index (κ1) is 10.2. The van der Waals surface area contributed by atoms with Crippen molar-refractivity contribution in [2.45, 2.75) is 32.0 Å². The summed E-state index contributed by atoms with van der Waals surface area (Å²) in [6.45, 7) is 3.87. The maximum atomic E-state index is 10.6. The molecule has 1 unspecified atom stereocenters. The van der Waals surface area contributed by atoms with Crippen LogP contribution >= 0.6 is 0 Å². The molecule has 1 heterocycles. The van der Waals surface area contributed by atoms with Gasteiger partial charge >= 0.3 is 0 Å². The molecular weight excluding hydrogens is 192 g/mol. The van der Waals surface area contributed by atoms with E-state index in [0.717, 1.165) is 6.29 Å². The zero-order chi connectivity index (χ0) is 11.1. The molecule has 1 aromatic rings. The third-order valence-corrected chi connectivity index (χ3v) is 2.60. The van der Waals surface area contributed by atoms with Crippen molar-refractivity contribution in [3.8, 4) is 5.75 Å². The number of hydrogen-bond donors (Lipinski definition) is 1. The van der Waals surface area contributed by atoms with Crippen molar-refractivity contribution in [1.82, 2.24) is 0 Å². The standard InChI is InChI=1S/C12H14O3/c1-12(2)6-10(14)9-5-8(7-13)3-4-11(9)15-12/h3-5,7,10,14H,6H2,1-2H3. The second kappa shape index (κ2) is 3.35. The lowest BCUT2D eigenvalue weighted by Gasteiger charge is -2.35. The molecule has 1 aliphatic rings. The maximum absolute atomic E-state index is 10.6. The van der Waals surface area contributed by atoms with Crippen LogP contribution in [0.25, 0.3) is 0 Å². The molecule has 1 aromatic carbocycles. The van der Waals surface area contributed by atoms with Gasteiger partial charge in [-0.05, 0) is 32.0 Å². The second-order valence-electron chi connectivity index (χ2n) is 4.50. The molecule has 0 aromatic heterocycles. The predicted molar refractivity (Wildman–Crippen MR) is 56.1 cm³/mol. The van der Waals surface area contributed by atoms with E-state index in [1.807, 2.05) is 13.8 Å². The molecule has 0 aliphatic carbocycles. The van der Waals surface area contributed by atoms with Crippen molar-refractivity contribution >= 4 is 6.29 Å². The molecule has 0 saturated carbocycles. The summed E-state index contributed by atoms with van der Waals surface area (Å²) in [4.78, 5) is 10.6. The molecular formula is C12H14O3. The molecule has 0 radical (unpaired) electrons. The summed E-state index contributed by atoms with van der Waals surface area (Å²) in [5, 5.41) is 9.92. The Labute approximate surface area is 88.7 Å². The fourth-order valence-electron chi connectivity index (χ4n) is 1.91. The van der Waals surface area contributed by atoms with Crippen LogP contribution in [-0.4, -0.2) is 17.0 Å². The number of benzene rings is 1. The van der Waals surface area contributed by atoms with Crippen LogP contribution in [0, 0.1) is 0 Å². The highest BCUT2D eigenvalue weighted by Gasteiger charge is 2.32. The molecule has 15 heavy (non-hydrogen) atoms. The monoisotopic (exact) mass is 206 g/mol. The number of aliphatic hydroxyl groups excluding tert-OH is 1. The van der Waals surface area contributed by atoms with Gasteiger partial charge in [0.25, 0.3) is 0 Å². The Morgan fingerprint density at radius 2 is 2.27 bits per heavy atom. The predicted octanol–water partition coefficient (Wildman–Crippen LogP) is 2.09. The molecule has 1 N–H and O–H groups in total. The fraction of sp³-hybridized carbons (Fsp3) is 0.417. The zero-order valence-corrected chi connectivity index (χ0v) is 8.86. The largest absolute Gasteiger partial charge is 0.487 e. The summed E-state index contributed by atoms with van der Waals surface area (Å²) in [5.74, 6) is 0.671. The summed E-state index contributed by atoms with van der Waals surface area (Å²) in [6.07, 6.45) is 0.762. The molecule has 3 heteroatoms. The molecule has 2 rings (SSSR count). The fourth-order valence-corrected chi connectivity index (χ4v) is 1.91. The number of ether oxygens (including phenoxy) is 1. The molecule has 1 aliphatic heterocycles. The molecule has 1 atom stereocenters. The summed E-state index contributed by atoms with van der Waals surface area (Å²) in [6, 6.07) is 5.12. The van der Waals surface area contributed by atoms with Crippen molar-refractivity contribution in [1.29, 1.82) is 0 Å². The van der Waals surface area contributed by atoms with Crippen LogP contribution in [0.3, 0.4) is 0 Å². The SMILES string of the molecule is CC1(C)CC(O)c2cc(C=O)ccc2O1. The quantitative estimate of drug-likeness (QED) is 0.716. The Hall–Kier alpha value is -1.35. The van der Waals surface area contributed by atoms with Gasteiger partial charge in [0.05, 0.1) is 6.10 Å². The number of aliphatic hydroxyl groups is 1. The van der Waals surface area contributed by atoms with Crippen molar-refractivity contribution < 1.29 is 14.6 Å². The van der Waals surface area contributed by atoms with Gasteiger partial charge in [0, 0.05) is 17.5 Å². The van der Waals surface area contributed by atoms with Crippen molar-refractivity contribution in [2.75, 3.05) is 0 Å². The molecule has 3 nitrogen and oxygen atoms in total. The summed E-state index contributed by atoms with van der Waals surface area (Å²) >= 11 is 0. The van der Waals surface area contributed by atoms with Gasteiger partial charge in [-0.2, -0.15) is 0 Å². The summed E-state index contributed by atoms with van der Waals surface area (Å²) in [7, 11) is 0. The molecule has 0 fully saturated rings. The number of aldehydes is 1. The lowest BCUT2D eigenvalue weighted by Crippen LogP contribution is -2.34. The number of carbonyl (C=O) groups is 1. The van der Waals surface area contributed by atoms with Crippen LogP contribution in [0.2, 0.25) is 0 Å². The van der Waals surface area contributed by atoms with Crippen LogP contribution in [-0.2, 0) is 0 Å². The van der Waals surface area contributed by atoms with E-state index < -0.39 is 6.10 Å². The van der Waals surface area contributed by atoms with E-state index in [9.17, 15) is 9.90 Å². The van der Waals surface area contributed by atoms with Crippen molar-refractivity contribution in [3.05, 3.63) is 29.3 Å². The van der Waals surface area contributed by atoms with Gasteiger partial charge in [-0.3, -0.25) is 4.79 Å². The van der Waals surface area contributed by atoms with Gasteiger partial charge in [-0.25, -0.2) is 0 Å². The highest BCUT2D eigenvalue weighted by Crippen LogP contribution is 2.39. The van der Waals surface area contributed by atoms with Crippen LogP contribution in [0.4, 0.5) is 0 Å². The number of hydrogen-bond acceptors (Lipinski definition) is 3. The minimum atomic E-state index is -0.552. The minimum Gasteiger partial charge on any atom is -0.487 e. The van der Waals surface area contributed by atoms with Crippen molar-refractivity contribution in [3.63, 3.8) is 0 Å². The average molecular weight is 206 g/mol. The van der Waals surface area contributed by atoms with E-state index in [2.05, 4.69) is 0 Å². The first-order valence-electron chi connectivity index (χ1n) is 4.98. The van der Waals surface area contributed by atoms with Gasteiger partial charge < -0.3 is 9.84 Å². The lowest BCUT2D eigenvalue weighted by atomic mass is 9.91. The van der Waals surface area contributed by atoms with E-state index in [0.29, 0.717) is 23.3 Å². The highest BCUT2D eigenvalue weighted by molar-refractivity contribution is 5.75. The topological polar surface area (TPSA) is 46.5 Å². The normalized spacial score (nSPS) is 22.7. The van der Waals surface area contributed by atoms with Gasteiger partial charge in [0.2, 0.25) is 0 Å². The van der Waals surface area contributed by atoms with Gasteiger partial charge in [-0.1, -0.05) is 0 Å². The van der Waals surface area contributed by atoms with E-state index >= 15 is 0 Å². The van der Waals surface area contributed by atoms with Crippen LogP contribution in [0.5, 0.6) is 5.75 Å². The highest BCUT2D eigenvalue weighted by atomic mass is 16.5. The molecule has 0 bridgehead atoms. The van der Waals surface area contributed by atoms with Gasteiger partial charge in [-0.15, -0.1) is 0 Å². The Kier molecular flexibility index (Phi) is 2.27. The van der Waals surface area contributed by atoms with E-state index in [1.165, 1.54) is 0 Å². The summed E-state index contributed by atoms with van der Waals surface area (Å²) in [5.41, 5.74) is 0.921. The smallest absolute Gasteiger partial charge is 0.150 e. The summed E-state index contributed by atoms with van der Waals surface area (Å²) < 4.78 is 5.71. The Bertz CT molecular complexity index is 396. The van der Waals surface area contributed by atoms with Crippen LogP contribution < -0.4 is 4.74 Å². The Morgan fingerprint density at radius 3 is 2.93 bits per heavy atom. The van der Waals surface area contributed by atoms with E-state index in [-0.39, 0.29) is 5.60 Å². The Morgan fingerprint density at radius 1 is 1.53 bits per heavy atom. The lowest BCUT2D eigenvalue weighted by molar-refractivity contribution is 0.0115. The van der Waals surface area contributed by atoms with Crippen molar-refractivity contribution in [2.24, 2.45) is 0 Å². The number of rotatable bonds is 1. The molecule has 0 saturated heterocycles.